The first-order valence-electron chi connectivity index (χ1n) is 10.4. The molecule has 0 unspecified atom stereocenters. The highest BCUT2D eigenvalue weighted by Gasteiger charge is 2.24. The Morgan fingerprint density at radius 1 is 1.09 bits per heavy atom. The lowest BCUT2D eigenvalue weighted by atomic mass is 9.91. The summed E-state index contributed by atoms with van der Waals surface area (Å²) in [5.41, 5.74) is 0.629. The molecule has 9 heteroatoms. The molecule has 0 aliphatic carbocycles. The van der Waals surface area contributed by atoms with Gasteiger partial charge in [-0.25, -0.2) is 22.3 Å². The highest BCUT2D eigenvalue weighted by atomic mass is 32.2. The molecule has 2 N–H and O–H groups in total. The van der Waals surface area contributed by atoms with E-state index in [2.05, 4.69) is 4.72 Å². The van der Waals surface area contributed by atoms with Crippen LogP contribution in [0.15, 0.2) is 52.9 Å². The van der Waals surface area contributed by atoms with Crippen LogP contribution in [0.4, 0.5) is 4.39 Å². The Balaban J connectivity index is 2.69. The van der Waals surface area contributed by atoms with Crippen LogP contribution in [0.2, 0.25) is 0 Å². The highest BCUT2D eigenvalue weighted by molar-refractivity contribution is 7.89. The van der Waals surface area contributed by atoms with Crippen LogP contribution in [0.25, 0.3) is 5.57 Å². The van der Waals surface area contributed by atoms with E-state index in [-0.39, 0.29) is 35.9 Å². The fourth-order valence-electron chi connectivity index (χ4n) is 3.26. The van der Waals surface area contributed by atoms with Crippen molar-refractivity contribution < 1.29 is 32.2 Å². The lowest BCUT2D eigenvalue weighted by Gasteiger charge is -2.21. The summed E-state index contributed by atoms with van der Waals surface area (Å²) in [6.07, 6.45) is -0.0343. The quantitative estimate of drug-likeness (QED) is 0.420. The number of carbonyl (C=O) groups is 1. The number of esters is 1. The van der Waals surface area contributed by atoms with E-state index >= 15 is 0 Å². The second kappa shape index (κ2) is 10.9. The first kappa shape index (κ1) is 26.5. The smallest absolute Gasteiger partial charge is 0.334 e. The number of methoxy groups -OCH3 is 1. The van der Waals surface area contributed by atoms with Crippen molar-refractivity contribution in [2.75, 3.05) is 20.3 Å². The van der Waals surface area contributed by atoms with Gasteiger partial charge in [-0.2, -0.15) is 0 Å². The Morgan fingerprint density at radius 2 is 1.70 bits per heavy atom. The highest BCUT2D eigenvalue weighted by Crippen LogP contribution is 2.32. The minimum absolute atomic E-state index is 0.0343. The molecule has 0 saturated heterocycles. The molecule has 0 heterocycles. The van der Waals surface area contributed by atoms with E-state index in [1.165, 1.54) is 43.5 Å². The van der Waals surface area contributed by atoms with Gasteiger partial charge in [0.2, 0.25) is 10.0 Å². The van der Waals surface area contributed by atoms with Crippen molar-refractivity contribution in [3.8, 4) is 5.75 Å². The summed E-state index contributed by atoms with van der Waals surface area (Å²) < 4.78 is 52.5. The molecule has 0 radical (unpaired) electrons. The number of hydrogen-bond donors (Lipinski definition) is 2. The van der Waals surface area contributed by atoms with E-state index in [9.17, 15) is 22.7 Å². The molecule has 180 valence electrons. The van der Waals surface area contributed by atoms with Gasteiger partial charge < -0.3 is 14.6 Å². The van der Waals surface area contributed by atoms with Gasteiger partial charge in [-0.05, 0) is 68.7 Å². The fraction of sp³-hybridized carbons (Fsp3) is 0.375. The SMILES string of the molecule is CCOC(=O)C(CCO)=C(c1ccc(S(=O)(=O)NC(C)(C)C)cc1)c1ccc(OC)c(F)c1. The Bertz CT molecular complexity index is 1120. The number of halogens is 1. The summed E-state index contributed by atoms with van der Waals surface area (Å²) >= 11 is 0. The van der Waals surface area contributed by atoms with Gasteiger partial charge in [0, 0.05) is 24.1 Å². The number of nitrogens with one attached hydrogen (secondary N) is 1. The van der Waals surface area contributed by atoms with Crippen molar-refractivity contribution in [3.63, 3.8) is 0 Å². The van der Waals surface area contributed by atoms with Gasteiger partial charge in [0.1, 0.15) is 0 Å². The van der Waals surface area contributed by atoms with Gasteiger partial charge in [0.25, 0.3) is 0 Å². The van der Waals surface area contributed by atoms with Crippen molar-refractivity contribution in [2.24, 2.45) is 0 Å². The third kappa shape index (κ3) is 6.86. The predicted octanol–water partition coefficient (Wildman–Crippen LogP) is 3.66. The lowest BCUT2D eigenvalue weighted by molar-refractivity contribution is -0.138. The summed E-state index contributed by atoms with van der Waals surface area (Å²) in [5.74, 6) is -1.25. The Kier molecular flexibility index (Phi) is 8.76. The van der Waals surface area contributed by atoms with Crippen molar-refractivity contribution >= 4 is 21.6 Å². The molecule has 0 aliphatic heterocycles. The van der Waals surface area contributed by atoms with E-state index in [0.29, 0.717) is 16.7 Å². The van der Waals surface area contributed by atoms with Crippen molar-refractivity contribution in [2.45, 2.75) is 44.6 Å². The van der Waals surface area contributed by atoms with Crippen LogP contribution in [0.5, 0.6) is 5.75 Å². The Morgan fingerprint density at radius 3 is 2.18 bits per heavy atom. The summed E-state index contributed by atoms with van der Waals surface area (Å²) in [5, 5.41) is 9.57. The van der Waals surface area contributed by atoms with Gasteiger partial charge in [-0.15, -0.1) is 0 Å². The number of ether oxygens (including phenoxy) is 2. The van der Waals surface area contributed by atoms with E-state index in [1.807, 2.05) is 0 Å². The molecule has 0 aromatic heterocycles. The normalized spacial score (nSPS) is 12.8. The molecule has 0 atom stereocenters. The summed E-state index contributed by atoms with van der Waals surface area (Å²) in [6.45, 7) is 6.64. The zero-order valence-corrected chi connectivity index (χ0v) is 20.3. The Labute approximate surface area is 194 Å². The molecule has 33 heavy (non-hydrogen) atoms. The molecule has 2 rings (SSSR count). The molecule has 0 saturated carbocycles. The maximum atomic E-state index is 14.5. The molecule has 0 bridgehead atoms. The molecule has 0 aliphatic rings. The predicted molar refractivity (Wildman–Crippen MR) is 124 cm³/mol. The van der Waals surface area contributed by atoms with Crippen LogP contribution in [-0.4, -0.2) is 45.4 Å². The minimum atomic E-state index is -3.77. The maximum Gasteiger partial charge on any atom is 0.334 e. The average molecular weight is 480 g/mol. The molecule has 7 nitrogen and oxygen atoms in total. The number of benzene rings is 2. The van der Waals surface area contributed by atoms with Crippen molar-refractivity contribution in [3.05, 3.63) is 65.0 Å². The van der Waals surface area contributed by atoms with Crippen LogP contribution < -0.4 is 9.46 Å². The molecule has 2 aromatic rings. The van der Waals surface area contributed by atoms with Crippen molar-refractivity contribution in [1.82, 2.24) is 4.72 Å². The second-order valence-corrected chi connectivity index (χ2v) is 9.96. The topological polar surface area (TPSA) is 102 Å². The first-order chi connectivity index (χ1) is 15.4. The molecule has 0 amide bonds. The minimum Gasteiger partial charge on any atom is -0.494 e. The van der Waals surface area contributed by atoms with Crippen LogP contribution in [0.1, 0.15) is 45.2 Å². The molecular formula is C24H30FNO6S. The number of sulfonamides is 1. The third-order valence-electron chi connectivity index (χ3n) is 4.52. The fourth-order valence-corrected chi connectivity index (χ4v) is 4.68. The van der Waals surface area contributed by atoms with Gasteiger partial charge in [-0.3, -0.25) is 0 Å². The zero-order valence-electron chi connectivity index (χ0n) is 19.4. The zero-order chi connectivity index (χ0) is 24.8. The number of aliphatic hydroxyl groups excluding tert-OH is 1. The van der Waals surface area contributed by atoms with Crippen LogP contribution in [0.3, 0.4) is 0 Å². The molecular weight excluding hydrogens is 449 g/mol. The largest absolute Gasteiger partial charge is 0.494 e. The monoisotopic (exact) mass is 479 g/mol. The van der Waals surface area contributed by atoms with E-state index in [4.69, 9.17) is 9.47 Å². The van der Waals surface area contributed by atoms with E-state index in [0.717, 1.165) is 0 Å². The van der Waals surface area contributed by atoms with Crippen LogP contribution >= 0.6 is 0 Å². The van der Waals surface area contributed by atoms with E-state index < -0.39 is 27.3 Å². The summed E-state index contributed by atoms with van der Waals surface area (Å²) in [6, 6.07) is 10.1. The average Bonchev–Trinajstić information content (AvgIpc) is 2.72. The van der Waals surface area contributed by atoms with Crippen LogP contribution in [-0.2, 0) is 19.6 Å². The van der Waals surface area contributed by atoms with Gasteiger partial charge in [0.15, 0.2) is 11.6 Å². The van der Waals surface area contributed by atoms with Crippen molar-refractivity contribution in [1.29, 1.82) is 0 Å². The lowest BCUT2D eigenvalue weighted by Crippen LogP contribution is -2.40. The van der Waals surface area contributed by atoms with E-state index in [1.54, 1.807) is 33.8 Å². The summed E-state index contributed by atoms with van der Waals surface area (Å²) in [7, 11) is -2.43. The first-order valence-corrected chi connectivity index (χ1v) is 11.9. The number of hydrogen-bond acceptors (Lipinski definition) is 6. The number of rotatable bonds is 9. The van der Waals surface area contributed by atoms with Gasteiger partial charge in [0.05, 0.1) is 18.6 Å². The third-order valence-corrected chi connectivity index (χ3v) is 6.29. The van der Waals surface area contributed by atoms with Gasteiger partial charge >= 0.3 is 5.97 Å². The maximum absolute atomic E-state index is 14.5. The number of carbonyl (C=O) groups excluding carboxylic acids is 1. The molecule has 2 aromatic carbocycles. The van der Waals surface area contributed by atoms with Crippen LogP contribution in [0, 0.1) is 5.82 Å². The standard InChI is InChI=1S/C24H30FNO6S/c1-6-32-23(28)19(13-14-27)22(17-9-12-21(31-5)20(25)15-17)16-7-10-18(11-8-16)33(29,30)26-24(2,3)4/h7-12,15,26-27H,6,13-14H2,1-5H3. The number of aliphatic hydroxyl groups is 1. The molecule has 0 spiro atoms. The molecule has 0 fully saturated rings. The summed E-state index contributed by atoms with van der Waals surface area (Å²) in [4.78, 5) is 12.7. The second-order valence-electron chi connectivity index (χ2n) is 8.28. The Hall–Kier alpha value is -2.75. The van der Waals surface area contributed by atoms with Gasteiger partial charge in [-0.1, -0.05) is 18.2 Å².